The van der Waals surface area contributed by atoms with Crippen molar-refractivity contribution in [3.63, 3.8) is 0 Å². The molecule has 6 heteroatoms. The van der Waals surface area contributed by atoms with Crippen LogP contribution in [0.4, 0.5) is 5.13 Å². The zero-order valence-corrected chi connectivity index (χ0v) is 12.3. The molecule has 106 valence electrons. The van der Waals surface area contributed by atoms with E-state index in [1.54, 1.807) is 14.0 Å². The summed E-state index contributed by atoms with van der Waals surface area (Å²) in [6.45, 7) is 3.67. The SMILES string of the molecule is COc1ccccc1[C@@H](C)Nc1nc(C)c(C(=O)O)s1. The van der Waals surface area contributed by atoms with Gasteiger partial charge in [-0.15, -0.1) is 0 Å². The summed E-state index contributed by atoms with van der Waals surface area (Å²) in [5, 5.41) is 12.8. The Balaban J connectivity index is 2.21. The van der Waals surface area contributed by atoms with E-state index in [4.69, 9.17) is 9.84 Å². The molecule has 2 aromatic rings. The van der Waals surface area contributed by atoms with Crippen molar-refractivity contribution in [2.24, 2.45) is 0 Å². The van der Waals surface area contributed by atoms with E-state index in [1.807, 2.05) is 31.2 Å². The lowest BCUT2D eigenvalue weighted by Crippen LogP contribution is -2.07. The van der Waals surface area contributed by atoms with Crippen molar-refractivity contribution in [1.29, 1.82) is 0 Å². The first-order valence-corrected chi connectivity index (χ1v) is 6.94. The fourth-order valence-electron chi connectivity index (χ4n) is 1.94. The molecule has 0 spiro atoms. The van der Waals surface area contributed by atoms with Crippen LogP contribution in [0.3, 0.4) is 0 Å². The van der Waals surface area contributed by atoms with Gasteiger partial charge in [-0.1, -0.05) is 29.5 Å². The first-order valence-electron chi connectivity index (χ1n) is 6.13. The van der Waals surface area contributed by atoms with Gasteiger partial charge in [-0.2, -0.15) is 0 Å². The number of carbonyl (C=O) groups is 1. The lowest BCUT2D eigenvalue weighted by molar-refractivity contribution is 0.0701. The summed E-state index contributed by atoms with van der Waals surface area (Å²) < 4.78 is 5.32. The van der Waals surface area contributed by atoms with E-state index in [-0.39, 0.29) is 10.9 Å². The van der Waals surface area contributed by atoms with E-state index in [1.165, 1.54) is 0 Å². The number of thiazole rings is 1. The third kappa shape index (κ3) is 2.91. The van der Waals surface area contributed by atoms with E-state index in [0.717, 1.165) is 22.6 Å². The van der Waals surface area contributed by atoms with Crippen LogP contribution in [0.2, 0.25) is 0 Å². The number of carboxylic acids is 1. The lowest BCUT2D eigenvalue weighted by Gasteiger charge is -2.16. The molecule has 0 radical (unpaired) electrons. The number of nitrogens with one attached hydrogen (secondary N) is 1. The number of rotatable bonds is 5. The number of aromatic carboxylic acids is 1. The van der Waals surface area contributed by atoms with Crippen LogP contribution in [0, 0.1) is 6.92 Å². The molecule has 0 fully saturated rings. The second-order valence-corrected chi connectivity index (χ2v) is 5.35. The standard InChI is InChI=1S/C14H16N2O3S/c1-8(10-6-4-5-7-11(10)19-3)15-14-16-9(2)12(20-14)13(17)18/h4-8H,1-3H3,(H,15,16)(H,17,18)/t8-/m1/s1. The zero-order valence-electron chi connectivity index (χ0n) is 11.5. The molecule has 0 bridgehead atoms. The van der Waals surface area contributed by atoms with Gasteiger partial charge in [0.2, 0.25) is 0 Å². The zero-order chi connectivity index (χ0) is 14.7. The minimum atomic E-state index is -0.946. The van der Waals surface area contributed by atoms with E-state index < -0.39 is 5.97 Å². The van der Waals surface area contributed by atoms with Crippen LogP contribution in [0.25, 0.3) is 0 Å². The van der Waals surface area contributed by atoms with E-state index in [2.05, 4.69) is 10.3 Å². The minimum Gasteiger partial charge on any atom is -0.496 e. The molecule has 1 aromatic carbocycles. The van der Waals surface area contributed by atoms with Crippen molar-refractivity contribution in [2.45, 2.75) is 19.9 Å². The Hall–Kier alpha value is -2.08. The summed E-state index contributed by atoms with van der Waals surface area (Å²) in [4.78, 5) is 15.5. The van der Waals surface area contributed by atoms with Gasteiger partial charge in [0, 0.05) is 5.56 Å². The van der Waals surface area contributed by atoms with Crippen LogP contribution < -0.4 is 10.1 Å². The number of aromatic nitrogens is 1. The molecule has 0 aliphatic heterocycles. The highest BCUT2D eigenvalue weighted by atomic mass is 32.1. The van der Waals surface area contributed by atoms with Crippen molar-refractivity contribution in [3.8, 4) is 5.75 Å². The maximum absolute atomic E-state index is 11.0. The minimum absolute atomic E-state index is 0.0293. The summed E-state index contributed by atoms with van der Waals surface area (Å²) in [6, 6.07) is 7.67. The molecule has 0 aliphatic carbocycles. The highest BCUT2D eigenvalue weighted by molar-refractivity contribution is 7.17. The predicted octanol–water partition coefficient (Wildman–Crippen LogP) is 3.33. The summed E-state index contributed by atoms with van der Waals surface area (Å²) >= 11 is 1.14. The molecule has 1 aromatic heterocycles. The molecule has 0 saturated heterocycles. The fraction of sp³-hybridized carbons (Fsp3) is 0.286. The average Bonchev–Trinajstić information content (AvgIpc) is 2.79. The topological polar surface area (TPSA) is 71.5 Å². The van der Waals surface area contributed by atoms with Crippen LogP contribution in [0.15, 0.2) is 24.3 Å². The van der Waals surface area contributed by atoms with Crippen LogP contribution in [0.5, 0.6) is 5.75 Å². The quantitative estimate of drug-likeness (QED) is 0.884. The highest BCUT2D eigenvalue weighted by Crippen LogP contribution is 2.30. The summed E-state index contributed by atoms with van der Waals surface area (Å²) in [5.41, 5.74) is 1.52. The molecule has 0 amide bonds. The van der Waals surface area contributed by atoms with Crippen LogP contribution >= 0.6 is 11.3 Å². The van der Waals surface area contributed by atoms with Crippen molar-refractivity contribution in [3.05, 3.63) is 40.4 Å². The number of para-hydroxylation sites is 1. The lowest BCUT2D eigenvalue weighted by atomic mass is 10.1. The Morgan fingerprint density at radius 3 is 2.75 bits per heavy atom. The monoisotopic (exact) mass is 292 g/mol. The van der Waals surface area contributed by atoms with Gasteiger partial charge in [-0.3, -0.25) is 0 Å². The molecule has 5 nitrogen and oxygen atoms in total. The first kappa shape index (κ1) is 14.3. The molecular weight excluding hydrogens is 276 g/mol. The number of ether oxygens (including phenoxy) is 1. The predicted molar refractivity (Wildman–Crippen MR) is 78.8 cm³/mol. The van der Waals surface area contributed by atoms with Gasteiger partial charge in [-0.05, 0) is 19.9 Å². The Morgan fingerprint density at radius 2 is 2.15 bits per heavy atom. The molecule has 0 aliphatic rings. The van der Waals surface area contributed by atoms with Gasteiger partial charge in [0.05, 0.1) is 18.8 Å². The number of hydrogen-bond acceptors (Lipinski definition) is 5. The molecule has 2 N–H and O–H groups in total. The van der Waals surface area contributed by atoms with Gasteiger partial charge in [-0.25, -0.2) is 9.78 Å². The molecule has 0 unspecified atom stereocenters. The first-order chi connectivity index (χ1) is 9.52. The molecule has 0 saturated carbocycles. The van der Waals surface area contributed by atoms with Gasteiger partial charge in [0.15, 0.2) is 5.13 Å². The highest BCUT2D eigenvalue weighted by Gasteiger charge is 2.17. The van der Waals surface area contributed by atoms with Crippen LogP contribution in [-0.4, -0.2) is 23.2 Å². The van der Waals surface area contributed by atoms with Crippen molar-refractivity contribution in [2.75, 3.05) is 12.4 Å². The average molecular weight is 292 g/mol. The third-order valence-corrected chi connectivity index (χ3v) is 4.01. The van der Waals surface area contributed by atoms with Gasteiger partial charge < -0.3 is 15.2 Å². The maximum Gasteiger partial charge on any atom is 0.347 e. The Bertz CT molecular complexity index is 625. The number of hydrogen-bond donors (Lipinski definition) is 2. The van der Waals surface area contributed by atoms with Crippen LogP contribution in [0.1, 0.15) is 33.9 Å². The summed E-state index contributed by atoms with van der Waals surface area (Å²) in [7, 11) is 1.63. The fourth-order valence-corrected chi connectivity index (χ4v) is 2.84. The molecule has 2 rings (SSSR count). The van der Waals surface area contributed by atoms with Gasteiger partial charge in [0.1, 0.15) is 10.6 Å². The molecule has 1 atom stereocenters. The number of benzene rings is 1. The summed E-state index contributed by atoms with van der Waals surface area (Å²) in [6.07, 6.45) is 0. The maximum atomic E-state index is 11.0. The number of nitrogens with zero attached hydrogens (tertiary/aromatic N) is 1. The smallest absolute Gasteiger partial charge is 0.347 e. The molecule has 20 heavy (non-hydrogen) atoms. The van der Waals surface area contributed by atoms with E-state index in [9.17, 15) is 4.79 Å². The number of aryl methyl sites for hydroxylation is 1. The van der Waals surface area contributed by atoms with Crippen molar-refractivity contribution in [1.82, 2.24) is 4.98 Å². The van der Waals surface area contributed by atoms with Gasteiger partial charge in [0.25, 0.3) is 0 Å². The second kappa shape index (κ2) is 5.92. The van der Waals surface area contributed by atoms with Crippen molar-refractivity contribution < 1.29 is 14.6 Å². The van der Waals surface area contributed by atoms with E-state index in [0.29, 0.717) is 10.8 Å². The molecule has 1 heterocycles. The Morgan fingerprint density at radius 1 is 1.45 bits per heavy atom. The largest absolute Gasteiger partial charge is 0.496 e. The van der Waals surface area contributed by atoms with E-state index >= 15 is 0 Å². The van der Waals surface area contributed by atoms with Crippen molar-refractivity contribution >= 4 is 22.4 Å². The number of methoxy groups -OCH3 is 1. The Kier molecular flexibility index (Phi) is 4.24. The van der Waals surface area contributed by atoms with Crippen LogP contribution in [-0.2, 0) is 0 Å². The Labute approximate surface area is 121 Å². The van der Waals surface area contributed by atoms with Gasteiger partial charge >= 0.3 is 5.97 Å². The number of anilines is 1. The number of carboxylic acid groups (broad SMARTS) is 1. The third-order valence-electron chi connectivity index (χ3n) is 2.94. The summed E-state index contributed by atoms with van der Waals surface area (Å²) in [5.74, 6) is -0.155. The second-order valence-electron chi connectivity index (χ2n) is 4.35. The normalized spacial score (nSPS) is 11.9. The molecular formula is C14H16N2O3S.